The van der Waals surface area contributed by atoms with Crippen LogP contribution in [0.3, 0.4) is 0 Å². The summed E-state index contributed by atoms with van der Waals surface area (Å²) >= 11 is 1.61. The highest BCUT2D eigenvalue weighted by atomic mass is 32.1. The topological polar surface area (TPSA) is 38.7 Å². The van der Waals surface area contributed by atoms with Crippen molar-refractivity contribution in [1.29, 1.82) is 0 Å². The molecule has 0 aliphatic rings. The predicted octanol–water partition coefficient (Wildman–Crippen LogP) is 1.66. The molecule has 0 saturated carbocycles. The average Bonchev–Trinajstić information content (AvgIpc) is 2.57. The fraction of sp³-hybridized carbons (Fsp3) is 0.600. The van der Waals surface area contributed by atoms with Gasteiger partial charge in [0.25, 0.3) is 0 Å². The second-order valence-corrected chi connectivity index (χ2v) is 4.25. The van der Waals surface area contributed by atoms with Crippen LogP contribution in [-0.4, -0.2) is 31.2 Å². The summed E-state index contributed by atoms with van der Waals surface area (Å²) in [5.41, 5.74) is 0.101. The number of hydrogen-bond donors (Lipinski definition) is 1. The SMILES string of the molecule is COC(OC)C(C)(O)Cc1ccsc1. The van der Waals surface area contributed by atoms with E-state index in [9.17, 15) is 5.11 Å². The summed E-state index contributed by atoms with van der Waals surface area (Å²) < 4.78 is 10.1. The lowest BCUT2D eigenvalue weighted by molar-refractivity contribution is -0.207. The van der Waals surface area contributed by atoms with Gasteiger partial charge in [-0.1, -0.05) is 0 Å². The van der Waals surface area contributed by atoms with E-state index in [-0.39, 0.29) is 0 Å². The van der Waals surface area contributed by atoms with Crippen LogP contribution in [0.4, 0.5) is 0 Å². The second-order valence-electron chi connectivity index (χ2n) is 3.47. The maximum absolute atomic E-state index is 10.1. The maximum atomic E-state index is 10.1. The zero-order valence-electron chi connectivity index (χ0n) is 8.69. The quantitative estimate of drug-likeness (QED) is 0.761. The van der Waals surface area contributed by atoms with Crippen LogP contribution in [0.5, 0.6) is 0 Å². The number of hydrogen-bond acceptors (Lipinski definition) is 4. The smallest absolute Gasteiger partial charge is 0.185 e. The first-order chi connectivity index (χ1) is 6.60. The molecule has 0 radical (unpaired) electrons. The van der Waals surface area contributed by atoms with Crippen LogP contribution in [0.15, 0.2) is 16.8 Å². The van der Waals surface area contributed by atoms with Gasteiger partial charge in [0.1, 0.15) is 5.60 Å². The molecule has 0 aliphatic heterocycles. The van der Waals surface area contributed by atoms with Crippen molar-refractivity contribution in [3.8, 4) is 0 Å². The van der Waals surface area contributed by atoms with Crippen molar-refractivity contribution < 1.29 is 14.6 Å². The number of rotatable bonds is 5. The van der Waals surface area contributed by atoms with Gasteiger partial charge in [-0.05, 0) is 29.3 Å². The summed E-state index contributed by atoms with van der Waals surface area (Å²) in [5, 5.41) is 14.1. The molecule has 0 bridgehead atoms. The Morgan fingerprint density at radius 3 is 2.57 bits per heavy atom. The highest BCUT2D eigenvalue weighted by molar-refractivity contribution is 7.07. The minimum atomic E-state index is -0.995. The number of aliphatic hydroxyl groups is 1. The minimum absolute atomic E-state index is 0.531. The van der Waals surface area contributed by atoms with E-state index in [4.69, 9.17) is 9.47 Å². The summed E-state index contributed by atoms with van der Waals surface area (Å²) in [6, 6.07) is 1.99. The molecule has 80 valence electrons. The molecule has 4 heteroatoms. The Bertz CT molecular complexity index is 252. The first-order valence-electron chi connectivity index (χ1n) is 4.39. The van der Waals surface area contributed by atoms with Crippen LogP contribution < -0.4 is 0 Å². The second kappa shape index (κ2) is 4.89. The van der Waals surface area contributed by atoms with Crippen LogP contribution in [0, 0.1) is 0 Å². The lowest BCUT2D eigenvalue weighted by Gasteiger charge is -2.30. The Morgan fingerprint density at radius 2 is 2.14 bits per heavy atom. The zero-order chi connectivity index (χ0) is 10.6. The molecule has 3 nitrogen and oxygen atoms in total. The summed E-state index contributed by atoms with van der Waals surface area (Å²) in [6.45, 7) is 1.71. The van der Waals surface area contributed by atoms with Gasteiger partial charge in [-0.25, -0.2) is 0 Å². The summed E-state index contributed by atoms with van der Waals surface area (Å²) in [7, 11) is 3.05. The molecule has 0 saturated heterocycles. The van der Waals surface area contributed by atoms with Crippen LogP contribution in [0.2, 0.25) is 0 Å². The fourth-order valence-electron chi connectivity index (χ4n) is 1.49. The molecule has 1 rings (SSSR count). The fourth-order valence-corrected chi connectivity index (χ4v) is 2.16. The lowest BCUT2D eigenvalue weighted by atomic mass is 9.98. The van der Waals surface area contributed by atoms with Crippen LogP contribution in [0.1, 0.15) is 12.5 Å². The molecule has 0 fully saturated rings. The third-order valence-corrected chi connectivity index (χ3v) is 2.81. The molecule has 0 aliphatic carbocycles. The Labute approximate surface area is 88.3 Å². The molecule has 14 heavy (non-hydrogen) atoms. The number of thiophene rings is 1. The molecule has 0 amide bonds. The van der Waals surface area contributed by atoms with Gasteiger partial charge in [-0.2, -0.15) is 11.3 Å². The van der Waals surface area contributed by atoms with E-state index in [2.05, 4.69) is 0 Å². The molecule has 1 heterocycles. The van der Waals surface area contributed by atoms with Crippen LogP contribution >= 0.6 is 11.3 Å². The van der Waals surface area contributed by atoms with Crippen LogP contribution in [0.25, 0.3) is 0 Å². The van der Waals surface area contributed by atoms with Gasteiger partial charge in [-0.15, -0.1) is 0 Å². The van der Waals surface area contributed by atoms with Gasteiger partial charge in [0.15, 0.2) is 6.29 Å². The van der Waals surface area contributed by atoms with Crippen molar-refractivity contribution in [3.63, 3.8) is 0 Å². The van der Waals surface area contributed by atoms with Crippen molar-refractivity contribution in [3.05, 3.63) is 22.4 Å². The molecule has 1 N–H and O–H groups in total. The number of ether oxygens (including phenoxy) is 2. The first kappa shape index (κ1) is 11.7. The molecule has 1 atom stereocenters. The molecule has 1 aromatic heterocycles. The van der Waals surface area contributed by atoms with E-state index in [1.54, 1.807) is 18.3 Å². The maximum Gasteiger partial charge on any atom is 0.185 e. The summed E-state index contributed by atoms with van der Waals surface area (Å²) in [4.78, 5) is 0. The highest BCUT2D eigenvalue weighted by Crippen LogP contribution is 2.21. The van der Waals surface area contributed by atoms with Gasteiger partial charge in [0.05, 0.1) is 0 Å². The monoisotopic (exact) mass is 216 g/mol. The minimum Gasteiger partial charge on any atom is -0.385 e. The predicted molar refractivity (Wildman–Crippen MR) is 56.5 cm³/mol. The van der Waals surface area contributed by atoms with Gasteiger partial charge in [0, 0.05) is 20.6 Å². The van der Waals surface area contributed by atoms with E-state index in [1.165, 1.54) is 14.2 Å². The number of methoxy groups -OCH3 is 2. The summed E-state index contributed by atoms with van der Waals surface area (Å²) in [5.74, 6) is 0. The lowest BCUT2D eigenvalue weighted by Crippen LogP contribution is -2.43. The van der Waals surface area contributed by atoms with Crippen LogP contribution in [-0.2, 0) is 15.9 Å². The van der Waals surface area contributed by atoms with Crippen molar-refractivity contribution in [1.82, 2.24) is 0 Å². The average molecular weight is 216 g/mol. The largest absolute Gasteiger partial charge is 0.385 e. The Morgan fingerprint density at radius 1 is 1.50 bits per heavy atom. The molecule has 0 spiro atoms. The Kier molecular flexibility index (Phi) is 4.07. The third-order valence-electron chi connectivity index (χ3n) is 2.08. The molecular weight excluding hydrogens is 200 g/mol. The zero-order valence-corrected chi connectivity index (χ0v) is 9.50. The van der Waals surface area contributed by atoms with E-state index >= 15 is 0 Å². The van der Waals surface area contributed by atoms with E-state index in [0.717, 1.165) is 5.56 Å². The van der Waals surface area contributed by atoms with E-state index in [1.807, 2.05) is 16.8 Å². The van der Waals surface area contributed by atoms with Gasteiger partial charge in [-0.3, -0.25) is 0 Å². The van der Waals surface area contributed by atoms with Crippen molar-refractivity contribution in [2.24, 2.45) is 0 Å². The van der Waals surface area contributed by atoms with E-state index < -0.39 is 11.9 Å². The van der Waals surface area contributed by atoms with Gasteiger partial charge in [0.2, 0.25) is 0 Å². The van der Waals surface area contributed by atoms with Gasteiger partial charge < -0.3 is 14.6 Å². The van der Waals surface area contributed by atoms with E-state index in [0.29, 0.717) is 6.42 Å². The Hall–Kier alpha value is -0.420. The first-order valence-corrected chi connectivity index (χ1v) is 5.33. The highest BCUT2D eigenvalue weighted by Gasteiger charge is 2.32. The van der Waals surface area contributed by atoms with Gasteiger partial charge >= 0.3 is 0 Å². The third kappa shape index (κ3) is 2.78. The summed E-state index contributed by atoms with van der Waals surface area (Å²) in [6.07, 6.45) is -0.0644. The Balaban J connectivity index is 2.65. The molecule has 0 aromatic carbocycles. The normalized spacial score (nSPS) is 15.8. The standard InChI is InChI=1S/C10H16O3S/c1-10(11,9(12-2)13-3)6-8-4-5-14-7-8/h4-5,7,9,11H,6H2,1-3H3. The molecule has 1 aromatic rings. The molecule has 1 unspecified atom stereocenters. The van der Waals surface area contributed by atoms with Crippen molar-refractivity contribution >= 4 is 11.3 Å². The molecular formula is C10H16O3S. The van der Waals surface area contributed by atoms with Crippen molar-refractivity contribution in [2.75, 3.05) is 14.2 Å². The van der Waals surface area contributed by atoms with Crippen molar-refractivity contribution in [2.45, 2.75) is 25.2 Å².